The number of nitrogens with zero attached hydrogens (tertiary/aromatic N) is 1. The van der Waals surface area contributed by atoms with Crippen LogP contribution in [0.15, 0.2) is 0 Å². The van der Waals surface area contributed by atoms with Crippen molar-refractivity contribution >= 4 is 11.9 Å². The maximum atomic E-state index is 10.8. The summed E-state index contributed by atoms with van der Waals surface area (Å²) in [5.74, 6) is -1.65. The van der Waals surface area contributed by atoms with Crippen molar-refractivity contribution in [1.29, 1.82) is 0 Å². The number of hydrogen-bond donors (Lipinski definition) is 1. The SMILES string of the molecule is CC(=O)N1C[C@@H](O)C[C@H]1C(=O)[O-]. The lowest BCUT2D eigenvalue weighted by Crippen LogP contribution is -2.46. The molecule has 0 bridgehead atoms. The smallest absolute Gasteiger partial charge is 0.220 e. The molecule has 0 aromatic heterocycles. The summed E-state index contributed by atoms with van der Waals surface area (Å²) in [5, 5.41) is 19.5. The minimum Gasteiger partial charge on any atom is -0.548 e. The Morgan fingerprint density at radius 2 is 2.17 bits per heavy atom. The molecule has 1 fully saturated rings. The first-order valence-electron chi connectivity index (χ1n) is 3.68. The molecule has 0 saturated carbocycles. The van der Waals surface area contributed by atoms with Crippen molar-refractivity contribution in [2.45, 2.75) is 25.5 Å². The fourth-order valence-electron chi connectivity index (χ4n) is 1.39. The molecule has 1 rings (SSSR count). The predicted octanol–water partition coefficient (Wildman–Crippen LogP) is -2.28. The molecule has 0 aliphatic carbocycles. The molecule has 2 atom stereocenters. The molecule has 1 aliphatic rings. The number of amides is 1. The van der Waals surface area contributed by atoms with Crippen LogP contribution in [0.25, 0.3) is 0 Å². The highest BCUT2D eigenvalue weighted by molar-refractivity contribution is 5.82. The number of aliphatic hydroxyl groups is 1. The van der Waals surface area contributed by atoms with Gasteiger partial charge in [0, 0.05) is 19.9 Å². The van der Waals surface area contributed by atoms with Gasteiger partial charge in [0.1, 0.15) is 0 Å². The summed E-state index contributed by atoms with van der Waals surface area (Å²) in [6.07, 6.45) is -0.668. The van der Waals surface area contributed by atoms with E-state index in [1.54, 1.807) is 0 Å². The summed E-state index contributed by atoms with van der Waals surface area (Å²) in [6, 6.07) is -0.961. The summed E-state index contributed by atoms with van der Waals surface area (Å²) in [4.78, 5) is 22.4. The summed E-state index contributed by atoms with van der Waals surface area (Å²) >= 11 is 0. The number of carbonyl (C=O) groups is 2. The third-order valence-corrected chi connectivity index (χ3v) is 1.96. The van der Waals surface area contributed by atoms with Gasteiger partial charge < -0.3 is 19.9 Å². The lowest BCUT2D eigenvalue weighted by Gasteiger charge is -2.23. The molecule has 1 heterocycles. The largest absolute Gasteiger partial charge is 0.548 e. The lowest BCUT2D eigenvalue weighted by molar-refractivity contribution is -0.310. The highest BCUT2D eigenvalue weighted by Gasteiger charge is 2.33. The van der Waals surface area contributed by atoms with Gasteiger partial charge in [0.2, 0.25) is 5.91 Å². The number of hydrogen-bond acceptors (Lipinski definition) is 4. The highest BCUT2D eigenvalue weighted by atomic mass is 16.4. The van der Waals surface area contributed by atoms with E-state index in [-0.39, 0.29) is 18.9 Å². The highest BCUT2D eigenvalue weighted by Crippen LogP contribution is 2.16. The molecule has 1 aliphatic heterocycles. The number of likely N-dealkylation sites (tertiary alicyclic amines) is 1. The van der Waals surface area contributed by atoms with Crippen LogP contribution in [0, 0.1) is 0 Å². The van der Waals surface area contributed by atoms with E-state index in [9.17, 15) is 14.7 Å². The average molecular weight is 172 g/mol. The van der Waals surface area contributed by atoms with Gasteiger partial charge in [-0.2, -0.15) is 0 Å². The Kier molecular flexibility index (Phi) is 2.32. The molecule has 5 nitrogen and oxygen atoms in total. The van der Waals surface area contributed by atoms with Crippen molar-refractivity contribution in [1.82, 2.24) is 4.90 Å². The van der Waals surface area contributed by atoms with Crippen LogP contribution < -0.4 is 5.11 Å². The van der Waals surface area contributed by atoms with Gasteiger partial charge in [0.15, 0.2) is 0 Å². The topological polar surface area (TPSA) is 80.7 Å². The van der Waals surface area contributed by atoms with Crippen molar-refractivity contribution in [2.24, 2.45) is 0 Å². The quantitative estimate of drug-likeness (QED) is 0.483. The van der Waals surface area contributed by atoms with Crippen LogP contribution in [0.2, 0.25) is 0 Å². The molecule has 12 heavy (non-hydrogen) atoms. The normalized spacial score (nSPS) is 29.0. The Balaban J connectivity index is 2.72. The van der Waals surface area contributed by atoms with Crippen molar-refractivity contribution < 1.29 is 19.8 Å². The fraction of sp³-hybridized carbons (Fsp3) is 0.714. The average Bonchev–Trinajstić information content (AvgIpc) is 2.31. The van der Waals surface area contributed by atoms with E-state index in [0.717, 1.165) is 4.90 Å². The number of rotatable bonds is 1. The molecule has 0 aromatic carbocycles. The van der Waals surface area contributed by atoms with Gasteiger partial charge >= 0.3 is 0 Å². The monoisotopic (exact) mass is 172 g/mol. The van der Waals surface area contributed by atoms with Gasteiger partial charge in [-0.3, -0.25) is 4.79 Å². The van der Waals surface area contributed by atoms with Gasteiger partial charge in [-0.25, -0.2) is 0 Å². The summed E-state index contributed by atoms with van der Waals surface area (Å²) in [5.41, 5.74) is 0. The van der Waals surface area contributed by atoms with E-state index < -0.39 is 18.1 Å². The molecule has 1 saturated heterocycles. The molecule has 5 heteroatoms. The van der Waals surface area contributed by atoms with Crippen molar-refractivity contribution in [2.75, 3.05) is 6.54 Å². The second-order valence-electron chi connectivity index (χ2n) is 2.90. The fourth-order valence-corrected chi connectivity index (χ4v) is 1.39. The molecule has 0 aromatic rings. The molecule has 0 spiro atoms. The Morgan fingerprint density at radius 3 is 2.50 bits per heavy atom. The summed E-state index contributed by atoms with van der Waals surface area (Å²) < 4.78 is 0. The number of carbonyl (C=O) groups excluding carboxylic acids is 2. The zero-order chi connectivity index (χ0) is 9.30. The van der Waals surface area contributed by atoms with E-state index >= 15 is 0 Å². The van der Waals surface area contributed by atoms with Gasteiger partial charge in [-0.1, -0.05) is 0 Å². The maximum absolute atomic E-state index is 10.8. The third kappa shape index (κ3) is 1.55. The second kappa shape index (κ2) is 3.10. The number of carboxylic acid groups (broad SMARTS) is 1. The van der Waals surface area contributed by atoms with Crippen LogP contribution in [-0.2, 0) is 9.59 Å². The summed E-state index contributed by atoms with van der Waals surface area (Å²) in [7, 11) is 0. The number of aliphatic carboxylic acids is 1. The first kappa shape index (κ1) is 8.99. The number of β-amino-alcohol motifs (C(OH)–C–C–N with tert-alkyl or cyclic N) is 1. The lowest BCUT2D eigenvalue weighted by atomic mass is 10.2. The Labute approximate surface area is 69.6 Å². The van der Waals surface area contributed by atoms with E-state index in [2.05, 4.69) is 0 Å². The molecule has 1 N–H and O–H groups in total. The molecule has 1 amide bonds. The number of carboxylic acids is 1. The zero-order valence-electron chi connectivity index (χ0n) is 6.69. The Morgan fingerprint density at radius 1 is 1.58 bits per heavy atom. The van der Waals surface area contributed by atoms with E-state index in [0.29, 0.717) is 0 Å². The maximum Gasteiger partial charge on any atom is 0.220 e. The van der Waals surface area contributed by atoms with Crippen LogP contribution in [0.5, 0.6) is 0 Å². The van der Waals surface area contributed by atoms with E-state index in [4.69, 9.17) is 5.11 Å². The first-order chi connectivity index (χ1) is 5.52. The Bertz CT molecular complexity index is 193. The molecule has 0 radical (unpaired) electrons. The van der Waals surface area contributed by atoms with Crippen LogP contribution in [0.3, 0.4) is 0 Å². The molecule has 0 unspecified atom stereocenters. The van der Waals surface area contributed by atoms with Crippen molar-refractivity contribution in [3.8, 4) is 0 Å². The van der Waals surface area contributed by atoms with Gasteiger partial charge in [0.25, 0.3) is 0 Å². The standard InChI is InChI=1S/C7H11NO4/c1-4(9)8-3-5(10)2-6(8)7(11)12/h5-6,10H,2-3H2,1H3,(H,11,12)/p-1/t5-,6-/m0/s1. The van der Waals surface area contributed by atoms with Gasteiger partial charge in [0.05, 0.1) is 18.1 Å². The van der Waals surface area contributed by atoms with Crippen molar-refractivity contribution in [3.63, 3.8) is 0 Å². The predicted molar refractivity (Wildman–Crippen MR) is 36.8 cm³/mol. The van der Waals surface area contributed by atoms with Crippen molar-refractivity contribution in [3.05, 3.63) is 0 Å². The second-order valence-corrected chi connectivity index (χ2v) is 2.90. The van der Waals surface area contributed by atoms with E-state index in [1.165, 1.54) is 6.92 Å². The first-order valence-corrected chi connectivity index (χ1v) is 3.68. The van der Waals surface area contributed by atoms with Crippen LogP contribution in [0.1, 0.15) is 13.3 Å². The minimum atomic E-state index is -1.30. The van der Waals surface area contributed by atoms with Gasteiger partial charge in [-0.05, 0) is 0 Å². The minimum absolute atomic E-state index is 0.0713. The zero-order valence-corrected chi connectivity index (χ0v) is 6.69. The van der Waals surface area contributed by atoms with E-state index in [1.807, 2.05) is 0 Å². The van der Waals surface area contributed by atoms with Crippen LogP contribution in [0.4, 0.5) is 0 Å². The molecular formula is C7H10NO4-. The third-order valence-electron chi connectivity index (χ3n) is 1.96. The van der Waals surface area contributed by atoms with Crippen LogP contribution in [-0.4, -0.2) is 40.6 Å². The molecular weight excluding hydrogens is 162 g/mol. The number of aliphatic hydroxyl groups excluding tert-OH is 1. The van der Waals surface area contributed by atoms with Gasteiger partial charge in [-0.15, -0.1) is 0 Å². The Hall–Kier alpha value is -1.10. The summed E-state index contributed by atoms with van der Waals surface area (Å²) in [6.45, 7) is 1.36. The van der Waals surface area contributed by atoms with Crippen LogP contribution >= 0.6 is 0 Å². The molecule has 68 valence electrons.